The molecule has 244 valence electrons. The summed E-state index contributed by atoms with van der Waals surface area (Å²) in [7, 11) is -2.27. The molecule has 0 saturated heterocycles. The van der Waals surface area contributed by atoms with E-state index in [9.17, 15) is 13.2 Å². The Bertz CT molecular complexity index is 1430. The van der Waals surface area contributed by atoms with Crippen molar-refractivity contribution in [2.24, 2.45) is 56.7 Å². The lowest BCUT2D eigenvalue weighted by molar-refractivity contribution is -0.246. The fourth-order valence-electron chi connectivity index (χ4n) is 12.8. The molecule has 0 unspecified atom stereocenters. The second-order valence-electron chi connectivity index (χ2n) is 17.0. The van der Waals surface area contributed by atoms with Crippen molar-refractivity contribution in [3.05, 3.63) is 42.0 Å². The summed E-state index contributed by atoms with van der Waals surface area (Å²) in [6, 6.07) is 7.00. The van der Waals surface area contributed by atoms with Crippen molar-refractivity contribution in [1.82, 2.24) is 0 Å². The molecule has 5 saturated carbocycles. The lowest BCUT2D eigenvalue weighted by atomic mass is 9.32. The molecular weight excluding hydrogens is 568 g/mol. The third-order valence-electron chi connectivity index (χ3n) is 15.2. The van der Waals surface area contributed by atoms with Crippen LogP contribution in [0, 0.1) is 63.6 Å². The topological polar surface area (TPSA) is 69.7 Å². The number of aryl methyl sites for hydroxylation is 1. The van der Waals surface area contributed by atoms with Crippen molar-refractivity contribution in [3.63, 3.8) is 0 Å². The molecule has 0 N–H and O–H groups in total. The summed E-state index contributed by atoms with van der Waals surface area (Å²) in [5.74, 6) is 2.12. The van der Waals surface area contributed by atoms with Gasteiger partial charge in [0.1, 0.15) is 0 Å². The number of carbonyl (C=O) groups is 1. The van der Waals surface area contributed by atoms with Crippen LogP contribution in [0.4, 0.5) is 0 Å². The molecule has 5 aliphatic rings. The van der Waals surface area contributed by atoms with Gasteiger partial charge in [-0.05, 0) is 141 Å². The van der Waals surface area contributed by atoms with Crippen LogP contribution in [-0.2, 0) is 23.8 Å². The fourth-order valence-corrected chi connectivity index (χ4v) is 14.0. The third kappa shape index (κ3) is 4.31. The first-order chi connectivity index (χ1) is 20.5. The SMILES string of the molecule is C=C(C)[C@@H]1CC[C@]2(C(=O)OC)CC[C@@]3(C)[C@H](CC[C@H]4[C@@]5(C)CC[C@H](OS(=O)(=O)c6ccc(C)cc6)C(C)(C)[C@@H]5CC[C@]43C)[C@H]12. The van der Waals surface area contributed by atoms with Crippen molar-refractivity contribution < 1.29 is 22.1 Å². The van der Waals surface area contributed by atoms with Gasteiger partial charge in [-0.2, -0.15) is 8.42 Å². The van der Waals surface area contributed by atoms with Crippen LogP contribution >= 0.6 is 0 Å². The number of carbonyl (C=O) groups excluding carboxylic acids is 1. The molecule has 6 heteroatoms. The molecule has 0 amide bonds. The molecule has 6 rings (SSSR count). The van der Waals surface area contributed by atoms with Crippen LogP contribution in [0.25, 0.3) is 0 Å². The van der Waals surface area contributed by atoms with Gasteiger partial charge in [-0.25, -0.2) is 0 Å². The van der Waals surface area contributed by atoms with Crippen molar-refractivity contribution in [2.45, 2.75) is 124 Å². The first-order valence-corrected chi connectivity index (χ1v) is 18.6. The fraction of sp³-hybridized carbons (Fsp3) is 0.763. The molecule has 10 atom stereocenters. The van der Waals surface area contributed by atoms with Gasteiger partial charge in [-0.15, -0.1) is 0 Å². The first kappa shape index (κ1) is 32.3. The first-order valence-electron chi connectivity index (χ1n) is 17.2. The van der Waals surface area contributed by atoms with Gasteiger partial charge in [0.25, 0.3) is 10.1 Å². The van der Waals surface area contributed by atoms with E-state index < -0.39 is 10.1 Å². The highest BCUT2D eigenvalue weighted by molar-refractivity contribution is 7.86. The molecule has 0 aliphatic heterocycles. The van der Waals surface area contributed by atoms with Crippen molar-refractivity contribution >= 4 is 16.1 Å². The van der Waals surface area contributed by atoms with Crippen LogP contribution in [-0.4, -0.2) is 27.6 Å². The standard InChI is InChI=1S/C38H56O5S/c1-24(2)27-16-21-38(33(39)42-9)23-22-36(7)28(32(27)38)14-15-30-35(6)19-18-31(34(4,5)29(35)17-20-37(30,36)8)43-44(40,41)26-12-10-25(3)11-13-26/h10-13,27-32H,1,14-23H2,2-9H3/t27-,28+,29-,30-,31-,32-,35-,36-,37+,38-/m0/s1. The van der Waals surface area contributed by atoms with Crippen LogP contribution < -0.4 is 0 Å². The normalized spacial score (nSPS) is 44.5. The molecule has 1 aromatic rings. The Morgan fingerprint density at radius 3 is 2.16 bits per heavy atom. The molecule has 1 aromatic carbocycles. The average molecular weight is 625 g/mol. The van der Waals surface area contributed by atoms with E-state index in [0.29, 0.717) is 29.6 Å². The maximum absolute atomic E-state index is 13.5. The minimum absolute atomic E-state index is 0.0110. The summed E-state index contributed by atoms with van der Waals surface area (Å²) in [5, 5.41) is 0. The largest absolute Gasteiger partial charge is 0.469 e. The van der Waals surface area contributed by atoms with Crippen LogP contribution in [0.15, 0.2) is 41.3 Å². The van der Waals surface area contributed by atoms with E-state index in [1.54, 1.807) is 19.2 Å². The molecule has 44 heavy (non-hydrogen) atoms. The van der Waals surface area contributed by atoms with Crippen LogP contribution in [0.3, 0.4) is 0 Å². The molecule has 0 aromatic heterocycles. The van der Waals surface area contributed by atoms with Gasteiger partial charge >= 0.3 is 5.97 Å². The summed E-state index contributed by atoms with van der Waals surface area (Å²) in [6.45, 7) is 20.8. The molecule has 0 radical (unpaired) electrons. The van der Waals surface area contributed by atoms with E-state index >= 15 is 0 Å². The summed E-state index contributed by atoms with van der Waals surface area (Å²) in [6.07, 6.45) is 9.90. The quantitative estimate of drug-likeness (QED) is 0.186. The second-order valence-corrected chi connectivity index (χ2v) is 18.6. The predicted molar refractivity (Wildman–Crippen MR) is 174 cm³/mol. The average Bonchev–Trinajstić information content (AvgIpc) is 3.36. The van der Waals surface area contributed by atoms with E-state index in [1.165, 1.54) is 12.0 Å². The lowest BCUT2D eigenvalue weighted by Gasteiger charge is -2.72. The monoisotopic (exact) mass is 624 g/mol. The van der Waals surface area contributed by atoms with Crippen LogP contribution in [0.1, 0.15) is 111 Å². The predicted octanol–water partition coefficient (Wildman–Crippen LogP) is 8.90. The number of methoxy groups -OCH3 is 1. The second kappa shape index (κ2) is 10.4. The van der Waals surface area contributed by atoms with E-state index in [-0.39, 0.29) is 44.0 Å². The Morgan fingerprint density at radius 2 is 1.52 bits per heavy atom. The lowest BCUT2D eigenvalue weighted by Crippen LogP contribution is -2.67. The van der Waals surface area contributed by atoms with Gasteiger partial charge in [-0.3, -0.25) is 8.98 Å². The summed E-state index contributed by atoms with van der Waals surface area (Å²) in [4.78, 5) is 13.8. The zero-order valence-corrected chi connectivity index (χ0v) is 29.3. The van der Waals surface area contributed by atoms with Gasteiger partial charge < -0.3 is 4.74 Å². The molecule has 5 nitrogen and oxygen atoms in total. The maximum atomic E-state index is 13.5. The summed E-state index contributed by atoms with van der Waals surface area (Å²) in [5.41, 5.74) is 2.02. The van der Waals surface area contributed by atoms with Crippen LogP contribution in [0.5, 0.6) is 0 Å². The maximum Gasteiger partial charge on any atom is 0.312 e. The Hall–Kier alpha value is -1.66. The third-order valence-corrected chi connectivity index (χ3v) is 16.5. The molecule has 0 bridgehead atoms. The van der Waals surface area contributed by atoms with E-state index in [2.05, 4.69) is 48.1 Å². The zero-order valence-electron chi connectivity index (χ0n) is 28.5. The number of benzene rings is 1. The van der Waals surface area contributed by atoms with Gasteiger partial charge in [-0.1, -0.05) is 64.5 Å². The highest BCUT2D eigenvalue weighted by Crippen LogP contribution is 2.77. The van der Waals surface area contributed by atoms with Crippen molar-refractivity contribution in [1.29, 1.82) is 0 Å². The van der Waals surface area contributed by atoms with E-state index in [4.69, 9.17) is 8.92 Å². The summed E-state index contributed by atoms with van der Waals surface area (Å²) < 4.78 is 38.5. The Morgan fingerprint density at radius 1 is 0.841 bits per heavy atom. The van der Waals surface area contributed by atoms with Gasteiger partial charge in [0, 0.05) is 0 Å². The summed E-state index contributed by atoms with van der Waals surface area (Å²) >= 11 is 0. The van der Waals surface area contributed by atoms with Crippen molar-refractivity contribution in [2.75, 3.05) is 7.11 Å². The number of allylic oxidation sites excluding steroid dienone is 1. The van der Waals surface area contributed by atoms with Gasteiger partial charge in [0.15, 0.2) is 0 Å². The number of rotatable bonds is 5. The molecule has 5 aliphatic carbocycles. The number of ether oxygens (including phenoxy) is 1. The van der Waals surface area contributed by atoms with Crippen LogP contribution in [0.2, 0.25) is 0 Å². The Kier molecular flexibility index (Phi) is 7.65. The number of esters is 1. The highest BCUT2D eigenvalue weighted by atomic mass is 32.2. The minimum atomic E-state index is -3.85. The zero-order chi connectivity index (χ0) is 32.1. The minimum Gasteiger partial charge on any atom is -0.469 e. The molecule has 5 fully saturated rings. The number of hydrogen-bond acceptors (Lipinski definition) is 5. The van der Waals surface area contributed by atoms with E-state index in [1.807, 2.05) is 19.1 Å². The number of fused-ring (bicyclic) bond motifs is 7. The number of hydrogen-bond donors (Lipinski definition) is 0. The van der Waals surface area contributed by atoms with Crippen molar-refractivity contribution in [3.8, 4) is 0 Å². The highest BCUT2D eigenvalue weighted by Gasteiger charge is 2.72. The van der Waals surface area contributed by atoms with E-state index in [0.717, 1.165) is 63.4 Å². The smallest absolute Gasteiger partial charge is 0.312 e. The molecule has 0 heterocycles. The Labute approximate surface area is 267 Å². The molecular formula is C38H56O5S. The Balaban J connectivity index is 1.30. The van der Waals surface area contributed by atoms with Gasteiger partial charge in [0.05, 0.1) is 23.5 Å². The molecule has 0 spiro atoms. The van der Waals surface area contributed by atoms with Gasteiger partial charge in [0.2, 0.25) is 0 Å².